The normalized spacial score (nSPS) is 13.3. The minimum Gasteiger partial charge on any atom is -0.422 e. The zero-order valence-corrected chi connectivity index (χ0v) is 22.8. The molecule has 0 spiro atoms. The third kappa shape index (κ3) is 5.71. The van der Waals surface area contributed by atoms with Gasteiger partial charge in [0.2, 0.25) is 0 Å². The van der Waals surface area contributed by atoms with Gasteiger partial charge >= 0.3 is 5.63 Å². The number of carbonyl (C=O) groups is 2. The summed E-state index contributed by atoms with van der Waals surface area (Å²) >= 11 is 5.94. The maximum Gasteiger partial charge on any atom is 0.344 e. The zero-order valence-electron chi connectivity index (χ0n) is 22.0. The molecule has 7 nitrogen and oxygen atoms in total. The van der Waals surface area contributed by atoms with E-state index in [0.29, 0.717) is 64.7 Å². The van der Waals surface area contributed by atoms with Crippen LogP contribution >= 0.6 is 11.6 Å². The monoisotopic (exact) mass is 563 g/mol. The molecule has 2 amide bonds. The van der Waals surface area contributed by atoms with Crippen LogP contribution in [0.15, 0.2) is 112 Å². The van der Waals surface area contributed by atoms with Crippen molar-refractivity contribution in [1.29, 1.82) is 0 Å². The zero-order chi connectivity index (χ0) is 28.3. The summed E-state index contributed by atoms with van der Waals surface area (Å²) in [6, 6.07) is 30.6. The maximum absolute atomic E-state index is 13.0. The van der Waals surface area contributed by atoms with Gasteiger partial charge in [0.05, 0.1) is 5.56 Å². The van der Waals surface area contributed by atoms with E-state index < -0.39 is 5.63 Å². The van der Waals surface area contributed by atoms with Crippen molar-refractivity contribution >= 4 is 45.8 Å². The Hall–Kier alpha value is -4.88. The highest BCUT2D eigenvalue weighted by molar-refractivity contribution is 6.30. The van der Waals surface area contributed by atoms with Crippen LogP contribution in [0.2, 0.25) is 5.02 Å². The van der Waals surface area contributed by atoms with Gasteiger partial charge in [0, 0.05) is 59.1 Å². The molecule has 2 heterocycles. The molecule has 1 fully saturated rings. The van der Waals surface area contributed by atoms with Crippen molar-refractivity contribution in [3.8, 4) is 11.1 Å². The molecule has 204 valence electrons. The minimum atomic E-state index is -0.452. The molecule has 0 bridgehead atoms. The first-order valence-corrected chi connectivity index (χ1v) is 13.7. The van der Waals surface area contributed by atoms with Crippen LogP contribution < -0.4 is 15.8 Å². The number of carbonyl (C=O) groups excluding carboxylic acids is 2. The van der Waals surface area contributed by atoms with Crippen molar-refractivity contribution in [2.75, 3.05) is 36.4 Å². The third-order valence-corrected chi connectivity index (χ3v) is 7.48. The lowest BCUT2D eigenvalue weighted by atomic mass is 10.0. The van der Waals surface area contributed by atoms with E-state index in [2.05, 4.69) is 10.2 Å². The summed E-state index contributed by atoms with van der Waals surface area (Å²) in [5.41, 5.74) is 3.82. The van der Waals surface area contributed by atoms with E-state index >= 15 is 0 Å². The molecule has 1 N–H and O–H groups in total. The van der Waals surface area contributed by atoms with Gasteiger partial charge in [-0.15, -0.1) is 0 Å². The summed E-state index contributed by atoms with van der Waals surface area (Å²) in [5, 5.41) is 4.35. The van der Waals surface area contributed by atoms with Crippen LogP contribution in [-0.2, 0) is 0 Å². The molecule has 1 aliphatic rings. The number of fused-ring (bicyclic) bond motifs is 1. The highest BCUT2D eigenvalue weighted by Crippen LogP contribution is 2.24. The second kappa shape index (κ2) is 11.3. The van der Waals surface area contributed by atoms with E-state index in [1.807, 2.05) is 47.4 Å². The van der Waals surface area contributed by atoms with Gasteiger partial charge in [-0.2, -0.15) is 0 Å². The SMILES string of the molecule is O=C(Nc1ccc(N2CCN(C(=O)c3ccc(Cl)cc3)CC2)cc1)c1cccc(-c2cc3ccccc3oc2=O)c1. The molecular formula is C33H26ClN3O4. The molecule has 6 rings (SSSR count). The molecule has 0 unspecified atom stereocenters. The Morgan fingerprint density at radius 2 is 1.49 bits per heavy atom. The van der Waals surface area contributed by atoms with Gasteiger partial charge in [-0.25, -0.2) is 4.79 Å². The Morgan fingerprint density at radius 3 is 2.24 bits per heavy atom. The van der Waals surface area contributed by atoms with Crippen LogP contribution in [0, 0.1) is 0 Å². The Labute approximate surface area is 241 Å². The average molecular weight is 564 g/mol. The first kappa shape index (κ1) is 26.3. The Bertz CT molecular complexity index is 1790. The van der Waals surface area contributed by atoms with Crippen LogP contribution in [-0.4, -0.2) is 42.9 Å². The fourth-order valence-corrected chi connectivity index (χ4v) is 5.12. The minimum absolute atomic E-state index is 0.00457. The van der Waals surface area contributed by atoms with Crippen LogP contribution in [0.5, 0.6) is 0 Å². The Kier molecular flexibility index (Phi) is 7.27. The van der Waals surface area contributed by atoms with Crippen molar-refractivity contribution < 1.29 is 14.0 Å². The van der Waals surface area contributed by atoms with Crippen molar-refractivity contribution in [2.45, 2.75) is 0 Å². The highest BCUT2D eigenvalue weighted by Gasteiger charge is 2.22. The van der Waals surface area contributed by atoms with Crippen molar-refractivity contribution in [3.63, 3.8) is 0 Å². The summed E-state index contributed by atoms with van der Waals surface area (Å²) in [7, 11) is 0. The van der Waals surface area contributed by atoms with Crippen LogP contribution in [0.4, 0.5) is 11.4 Å². The predicted molar refractivity (Wildman–Crippen MR) is 162 cm³/mol. The molecule has 4 aromatic carbocycles. The fourth-order valence-electron chi connectivity index (χ4n) is 4.99. The number of halogens is 1. The molecule has 1 saturated heterocycles. The molecule has 1 aromatic heterocycles. The van der Waals surface area contributed by atoms with Crippen LogP contribution in [0.25, 0.3) is 22.1 Å². The van der Waals surface area contributed by atoms with E-state index in [4.69, 9.17) is 16.0 Å². The molecular weight excluding hydrogens is 538 g/mol. The number of nitrogens with zero attached hydrogens (tertiary/aromatic N) is 2. The van der Waals surface area contributed by atoms with Gasteiger partial charge < -0.3 is 19.5 Å². The van der Waals surface area contributed by atoms with Crippen LogP contribution in [0.1, 0.15) is 20.7 Å². The molecule has 0 saturated carbocycles. The molecule has 0 radical (unpaired) electrons. The molecule has 0 aliphatic carbocycles. The van der Waals surface area contributed by atoms with E-state index in [-0.39, 0.29) is 11.8 Å². The van der Waals surface area contributed by atoms with E-state index in [1.165, 1.54) is 0 Å². The van der Waals surface area contributed by atoms with Gasteiger partial charge in [0.1, 0.15) is 5.58 Å². The van der Waals surface area contributed by atoms with Crippen molar-refractivity contribution in [3.05, 3.63) is 130 Å². The molecule has 41 heavy (non-hydrogen) atoms. The maximum atomic E-state index is 13.0. The second-order valence-corrected chi connectivity index (χ2v) is 10.3. The fraction of sp³-hybridized carbons (Fsp3) is 0.121. The van der Waals surface area contributed by atoms with Crippen LogP contribution in [0.3, 0.4) is 0 Å². The standard InChI is InChI=1S/C33H26ClN3O4/c34-26-10-8-22(9-11-26)32(39)37-18-16-36(17-19-37)28-14-12-27(13-15-28)35-31(38)25-6-3-5-23(20-25)29-21-24-4-1-2-7-30(24)41-33(29)40/h1-15,20-21H,16-19H2,(H,35,38). The smallest absolute Gasteiger partial charge is 0.344 e. The summed E-state index contributed by atoms with van der Waals surface area (Å²) in [6.07, 6.45) is 0. The molecule has 1 aliphatic heterocycles. The van der Waals surface area contributed by atoms with Crippen molar-refractivity contribution in [1.82, 2.24) is 4.90 Å². The molecule has 5 aromatic rings. The van der Waals surface area contributed by atoms with Crippen molar-refractivity contribution in [2.24, 2.45) is 0 Å². The van der Waals surface area contributed by atoms with Gasteiger partial charge in [-0.1, -0.05) is 41.9 Å². The summed E-state index contributed by atoms with van der Waals surface area (Å²) < 4.78 is 5.46. The number of benzene rings is 4. The van der Waals surface area contributed by atoms with E-state index in [9.17, 15) is 14.4 Å². The topological polar surface area (TPSA) is 82.9 Å². The Morgan fingerprint density at radius 1 is 0.756 bits per heavy atom. The lowest BCUT2D eigenvalue weighted by Gasteiger charge is -2.36. The number of rotatable bonds is 5. The lowest BCUT2D eigenvalue weighted by Crippen LogP contribution is -2.48. The summed E-state index contributed by atoms with van der Waals surface area (Å²) in [5.74, 6) is -0.274. The first-order valence-electron chi connectivity index (χ1n) is 13.3. The van der Waals surface area contributed by atoms with Gasteiger partial charge in [-0.05, 0) is 78.4 Å². The largest absolute Gasteiger partial charge is 0.422 e. The molecule has 8 heteroatoms. The number of hydrogen-bond acceptors (Lipinski definition) is 5. The van der Waals surface area contributed by atoms with Gasteiger partial charge in [0.25, 0.3) is 11.8 Å². The van der Waals surface area contributed by atoms with Gasteiger partial charge in [0.15, 0.2) is 0 Å². The number of amides is 2. The van der Waals surface area contributed by atoms with E-state index in [1.54, 1.807) is 60.7 Å². The number of para-hydroxylation sites is 1. The average Bonchev–Trinajstić information content (AvgIpc) is 3.01. The lowest BCUT2D eigenvalue weighted by molar-refractivity contribution is 0.0746. The first-order chi connectivity index (χ1) is 19.9. The quantitative estimate of drug-likeness (QED) is 0.253. The third-order valence-electron chi connectivity index (χ3n) is 7.23. The Balaban J connectivity index is 1.09. The van der Waals surface area contributed by atoms with E-state index in [0.717, 1.165) is 11.1 Å². The second-order valence-electron chi connectivity index (χ2n) is 9.85. The number of nitrogens with one attached hydrogen (secondary N) is 1. The number of anilines is 2. The number of hydrogen-bond donors (Lipinski definition) is 1. The number of piperazine rings is 1. The predicted octanol–water partition coefficient (Wildman–Crippen LogP) is 6.33. The summed E-state index contributed by atoms with van der Waals surface area (Å²) in [6.45, 7) is 2.65. The summed E-state index contributed by atoms with van der Waals surface area (Å²) in [4.78, 5) is 42.5. The molecule has 0 atom stereocenters. The van der Waals surface area contributed by atoms with Gasteiger partial charge in [-0.3, -0.25) is 9.59 Å². The highest BCUT2D eigenvalue weighted by atomic mass is 35.5.